The van der Waals surface area contributed by atoms with E-state index in [9.17, 15) is 14.4 Å². The van der Waals surface area contributed by atoms with Crippen molar-refractivity contribution in [2.24, 2.45) is 11.7 Å². The quantitative estimate of drug-likeness (QED) is 0.793. The average Bonchev–Trinajstić information content (AvgIpc) is 3.07. The minimum Gasteiger partial charge on any atom is -0.454 e. The number of amides is 2. The van der Waals surface area contributed by atoms with Crippen molar-refractivity contribution in [1.29, 1.82) is 0 Å². The molecule has 1 atom stereocenters. The summed E-state index contributed by atoms with van der Waals surface area (Å²) in [7, 11) is 0. The molecule has 2 heterocycles. The zero-order valence-corrected chi connectivity index (χ0v) is 13.0. The molecule has 0 aliphatic carbocycles. The number of likely N-dealkylation sites (tertiary alicyclic amines) is 1. The van der Waals surface area contributed by atoms with Gasteiger partial charge in [0.2, 0.25) is 12.7 Å². The van der Waals surface area contributed by atoms with Crippen LogP contribution in [0.4, 0.5) is 0 Å². The van der Waals surface area contributed by atoms with Gasteiger partial charge in [-0.2, -0.15) is 0 Å². The zero-order valence-electron chi connectivity index (χ0n) is 13.0. The van der Waals surface area contributed by atoms with E-state index in [0.717, 1.165) is 0 Å². The van der Waals surface area contributed by atoms with E-state index in [-0.39, 0.29) is 37.3 Å². The Balaban J connectivity index is 1.54. The Labute approximate surface area is 138 Å². The number of primary amides is 1. The van der Waals surface area contributed by atoms with E-state index in [1.807, 2.05) is 0 Å². The molecule has 1 saturated heterocycles. The number of ether oxygens (including phenoxy) is 3. The average molecular weight is 334 g/mol. The minimum atomic E-state index is -0.620. The summed E-state index contributed by atoms with van der Waals surface area (Å²) >= 11 is 0. The summed E-state index contributed by atoms with van der Waals surface area (Å²) in [5, 5.41) is 0. The molecule has 0 radical (unpaired) electrons. The van der Waals surface area contributed by atoms with Gasteiger partial charge in [0.25, 0.3) is 5.91 Å². The lowest BCUT2D eigenvalue weighted by Crippen LogP contribution is -2.45. The summed E-state index contributed by atoms with van der Waals surface area (Å²) in [4.78, 5) is 36.9. The first-order valence-corrected chi connectivity index (χ1v) is 7.68. The SMILES string of the molecule is NC(=O)[C@@H]1CCCN(C(=O)COC(=O)c2ccc3c(c2)OCO3)C1. The smallest absolute Gasteiger partial charge is 0.338 e. The Hall–Kier alpha value is -2.77. The molecule has 8 nitrogen and oxygen atoms in total. The third-order valence-electron chi connectivity index (χ3n) is 4.11. The normalized spacial score (nSPS) is 19.0. The van der Waals surface area contributed by atoms with Crippen LogP contribution in [-0.4, -0.2) is 49.2 Å². The van der Waals surface area contributed by atoms with Crippen LogP contribution in [0.5, 0.6) is 11.5 Å². The number of hydrogen-bond acceptors (Lipinski definition) is 6. The van der Waals surface area contributed by atoms with E-state index in [2.05, 4.69) is 0 Å². The number of benzene rings is 1. The van der Waals surface area contributed by atoms with Crippen molar-refractivity contribution < 1.29 is 28.6 Å². The largest absolute Gasteiger partial charge is 0.454 e. The van der Waals surface area contributed by atoms with Gasteiger partial charge >= 0.3 is 5.97 Å². The third kappa shape index (κ3) is 3.42. The van der Waals surface area contributed by atoms with Gasteiger partial charge in [-0.3, -0.25) is 9.59 Å². The van der Waals surface area contributed by atoms with E-state index in [1.165, 1.54) is 11.0 Å². The van der Waals surface area contributed by atoms with Gasteiger partial charge in [0, 0.05) is 13.1 Å². The second-order valence-corrected chi connectivity index (χ2v) is 5.73. The summed E-state index contributed by atoms with van der Waals surface area (Å²) in [6.07, 6.45) is 1.38. The molecule has 1 aromatic rings. The highest BCUT2D eigenvalue weighted by atomic mass is 16.7. The highest BCUT2D eigenvalue weighted by Gasteiger charge is 2.27. The Morgan fingerprint density at radius 2 is 2.04 bits per heavy atom. The van der Waals surface area contributed by atoms with Gasteiger partial charge in [0.15, 0.2) is 18.1 Å². The number of esters is 1. The predicted molar refractivity (Wildman–Crippen MR) is 81.3 cm³/mol. The van der Waals surface area contributed by atoms with Crippen LogP contribution >= 0.6 is 0 Å². The maximum atomic E-state index is 12.1. The van der Waals surface area contributed by atoms with Gasteiger partial charge in [-0.05, 0) is 31.0 Å². The van der Waals surface area contributed by atoms with E-state index >= 15 is 0 Å². The van der Waals surface area contributed by atoms with Crippen molar-refractivity contribution in [1.82, 2.24) is 4.90 Å². The summed E-state index contributed by atoms with van der Waals surface area (Å²) < 4.78 is 15.4. The lowest BCUT2D eigenvalue weighted by molar-refractivity contribution is -0.137. The Bertz CT molecular complexity index is 675. The summed E-state index contributed by atoms with van der Waals surface area (Å²) in [6, 6.07) is 4.67. The van der Waals surface area contributed by atoms with Gasteiger partial charge in [-0.1, -0.05) is 0 Å². The lowest BCUT2D eigenvalue weighted by Gasteiger charge is -2.31. The van der Waals surface area contributed by atoms with Crippen LogP contribution in [0.1, 0.15) is 23.2 Å². The molecule has 2 aliphatic heterocycles. The van der Waals surface area contributed by atoms with Crippen LogP contribution in [0.25, 0.3) is 0 Å². The van der Waals surface area contributed by atoms with Crippen LogP contribution in [0, 0.1) is 5.92 Å². The highest BCUT2D eigenvalue weighted by Crippen LogP contribution is 2.32. The molecule has 128 valence electrons. The Kier molecular flexibility index (Phi) is 4.54. The molecule has 3 rings (SSSR count). The van der Waals surface area contributed by atoms with Crippen LogP contribution in [0.15, 0.2) is 18.2 Å². The molecule has 24 heavy (non-hydrogen) atoms. The van der Waals surface area contributed by atoms with Crippen molar-refractivity contribution in [3.63, 3.8) is 0 Å². The van der Waals surface area contributed by atoms with Crippen molar-refractivity contribution in [3.05, 3.63) is 23.8 Å². The molecule has 1 fully saturated rings. The van der Waals surface area contributed by atoms with Crippen molar-refractivity contribution in [3.8, 4) is 11.5 Å². The summed E-state index contributed by atoms with van der Waals surface area (Å²) in [6.45, 7) is 0.543. The van der Waals surface area contributed by atoms with Crippen LogP contribution < -0.4 is 15.2 Å². The van der Waals surface area contributed by atoms with E-state index in [0.29, 0.717) is 30.9 Å². The van der Waals surface area contributed by atoms with Gasteiger partial charge in [-0.15, -0.1) is 0 Å². The lowest BCUT2D eigenvalue weighted by atomic mass is 9.97. The molecule has 1 aromatic carbocycles. The number of fused-ring (bicyclic) bond motifs is 1. The number of rotatable bonds is 4. The van der Waals surface area contributed by atoms with Gasteiger partial charge in [0.1, 0.15) is 0 Å². The number of piperidine rings is 1. The number of hydrogen-bond donors (Lipinski definition) is 1. The molecule has 0 aromatic heterocycles. The molecule has 2 amide bonds. The Morgan fingerprint density at radius 1 is 1.25 bits per heavy atom. The minimum absolute atomic E-state index is 0.113. The van der Waals surface area contributed by atoms with E-state index in [1.54, 1.807) is 12.1 Å². The predicted octanol–water partition coefficient (Wildman–Crippen LogP) is 0.296. The van der Waals surface area contributed by atoms with Gasteiger partial charge in [-0.25, -0.2) is 4.79 Å². The first kappa shape index (κ1) is 16.1. The Morgan fingerprint density at radius 3 is 2.83 bits per heavy atom. The fraction of sp³-hybridized carbons (Fsp3) is 0.438. The van der Waals surface area contributed by atoms with Crippen molar-refractivity contribution >= 4 is 17.8 Å². The summed E-state index contributed by atoms with van der Waals surface area (Å²) in [5.41, 5.74) is 5.57. The van der Waals surface area contributed by atoms with Crippen LogP contribution in [0.3, 0.4) is 0 Å². The van der Waals surface area contributed by atoms with Crippen LogP contribution in [0.2, 0.25) is 0 Å². The molecular weight excluding hydrogens is 316 g/mol. The highest BCUT2D eigenvalue weighted by molar-refractivity contribution is 5.92. The van der Waals surface area contributed by atoms with Gasteiger partial charge in [0.05, 0.1) is 11.5 Å². The molecule has 0 saturated carbocycles. The molecule has 8 heteroatoms. The molecule has 0 bridgehead atoms. The van der Waals surface area contributed by atoms with Crippen molar-refractivity contribution in [2.45, 2.75) is 12.8 Å². The van der Waals surface area contributed by atoms with Crippen LogP contribution in [-0.2, 0) is 14.3 Å². The maximum absolute atomic E-state index is 12.1. The third-order valence-corrected chi connectivity index (χ3v) is 4.11. The number of carbonyl (C=O) groups excluding carboxylic acids is 3. The first-order valence-electron chi connectivity index (χ1n) is 7.68. The molecule has 2 N–H and O–H groups in total. The fourth-order valence-corrected chi connectivity index (χ4v) is 2.76. The van der Waals surface area contributed by atoms with Gasteiger partial charge < -0.3 is 24.8 Å². The second kappa shape index (κ2) is 6.77. The number of nitrogens with two attached hydrogens (primary N) is 1. The van der Waals surface area contributed by atoms with Crippen molar-refractivity contribution in [2.75, 3.05) is 26.5 Å². The maximum Gasteiger partial charge on any atom is 0.338 e. The fourth-order valence-electron chi connectivity index (χ4n) is 2.76. The number of nitrogens with zero attached hydrogens (tertiary/aromatic N) is 1. The molecular formula is C16H18N2O6. The number of carbonyl (C=O) groups is 3. The standard InChI is InChI=1S/C16H18N2O6/c17-15(20)11-2-1-5-18(7-11)14(19)8-22-16(21)10-3-4-12-13(6-10)24-9-23-12/h3-4,6,11H,1-2,5,7-9H2,(H2,17,20)/t11-/m1/s1. The first-order chi connectivity index (χ1) is 11.5. The molecule has 0 unspecified atom stereocenters. The molecule has 0 spiro atoms. The van der Waals surface area contributed by atoms with E-state index < -0.39 is 11.9 Å². The second-order valence-electron chi connectivity index (χ2n) is 5.73. The molecule has 2 aliphatic rings. The monoisotopic (exact) mass is 334 g/mol. The van der Waals surface area contributed by atoms with E-state index in [4.69, 9.17) is 19.9 Å². The topological polar surface area (TPSA) is 108 Å². The summed E-state index contributed by atoms with van der Waals surface area (Å²) in [5.74, 6) is -0.679. The zero-order chi connectivity index (χ0) is 17.1.